The average Bonchev–Trinajstić information content (AvgIpc) is 2.73. The molecule has 2 nitrogen and oxygen atoms in total. The summed E-state index contributed by atoms with van der Waals surface area (Å²) in [5.41, 5.74) is 5.73. The molecule has 1 aromatic heterocycles. The van der Waals surface area contributed by atoms with Crippen molar-refractivity contribution in [3.8, 4) is 5.75 Å². The Hall–Kier alpha value is -0.980. The summed E-state index contributed by atoms with van der Waals surface area (Å²) in [7, 11) is 0. The first-order valence-corrected chi connectivity index (χ1v) is 6.76. The van der Waals surface area contributed by atoms with Crippen molar-refractivity contribution in [1.82, 2.24) is 0 Å². The molecule has 0 atom stereocenters. The molecule has 0 fully saturated rings. The number of halogens is 3. The molecule has 1 aromatic carbocycles. The lowest BCUT2D eigenvalue weighted by Crippen LogP contribution is -2.02. The van der Waals surface area contributed by atoms with Gasteiger partial charge in [0.15, 0.2) is 17.4 Å². The van der Waals surface area contributed by atoms with Gasteiger partial charge in [-0.25, -0.2) is 8.78 Å². The van der Waals surface area contributed by atoms with Crippen LogP contribution in [0.2, 0.25) is 0 Å². The maximum absolute atomic E-state index is 13.6. The molecule has 96 valence electrons. The highest BCUT2D eigenvalue weighted by atomic mass is 79.9. The van der Waals surface area contributed by atoms with E-state index in [2.05, 4.69) is 15.9 Å². The van der Waals surface area contributed by atoms with Gasteiger partial charge in [0.1, 0.15) is 6.61 Å². The fraction of sp³-hybridized carbons (Fsp3) is 0.167. The molecule has 2 aromatic rings. The molecular formula is C12H10BrF2NOS. The average molecular weight is 334 g/mol. The lowest BCUT2D eigenvalue weighted by Gasteiger charge is -2.08. The first kappa shape index (κ1) is 13.5. The Labute approximate surface area is 116 Å². The van der Waals surface area contributed by atoms with Crippen molar-refractivity contribution >= 4 is 27.3 Å². The fourth-order valence-electron chi connectivity index (χ4n) is 1.44. The van der Waals surface area contributed by atoms with E-state index in [1.54, 1.807) is 0 Å². The summed E-state index contributed by atoms with van der Waals surface area (Å²) in [5.74, 6) is -1.83. The van der Waals surface area contributed by atoms with Gasteiger partial charge in [-0.1, -0.05) is 0 Å². The zero-order valence-electron chi connectivity index (χ0n) is 9.25. The molecule has 0 aliphatic carbocycles. The van der Waals surface area contributed by atoms with Gasteiger partial charge >= 0.3 is 0 Å². The van der Waals surface area contributed by atoms with Crippen LogP contribution in [0.4, 0.5) is 8.78 Å². The van der Waals surface area contributed by atoms with Gasteiger partial charge in [-0.3, -0.25) is 0 Å². The smallest absolute Gasteiger partial charge is 0.191 e. The van der Waals surface area contributed by atoms with Crippen LogP contribution in [0.5, 0.6) is 5.75 Å². The van der Waals surface area contributed by atoms with E-state index < -0.39 is 11.6 Å². The van der Waals surface area contributed by atoms with Crippen LogP contribution in [0.15, 0.2) is 28.1 Å². The van der Waals surface area contributed by atoms with Crippen molar-refractivity contribution in [2.45, 2.75) is 13.2 Å². The molecule has 0 unspecified atom stereocenters. The first-order valence-electron chi connectivity index (χ1n) is 5.15. The largest absolute Gasteiger partial charge is 0.482 e. The predicted octanol–water partition coefficient (Wildman–Crippen LogP) is 3.83. The van der Waals surface area contributed by atoms with E-state index in [-0.39, 0.29) is 18.9 Å². The first-order chi connectivity index (χ1) is 8.60. The second-order valence-corrected chi connectivity index (χ2v) is 6.13. The van der Waals surface area contributed by atoms with Crippen LogP contribution in [-0.2, 0) is 13.2 Å². The molecule has 0 aliphatic rings. The maximum Gasteiger partial charge on any atom is 0.191 e. The van der Waals surface area contributed by atoms with Crippen molar-refractivity contribution in [2.75, 3.05) is 0 Å². The number of hydrogen-bond donors (Lipinski definition) is 1. The maximum atomic E-state index is 13.6. The van der Waals surface area contributed by atoms with Gasteiger partial charge in [-0.15, -0.1) is 11.3 Å². The molecule has 6 heteroatoms. The molecule has 0 saturated carbocycles. The number of ether oxygens (including phenoxy) is 1. The minimum atomic E-state index is -0.730. The summed E-state index contributed by atoms with van der Waals surface area (Å²) >= 11 is 4.76. The van der Waals surface area contributed by atoms with E-state index in [4.69, 9.17) is 10.5 Å². The van der Waals surface area contributed by atoms with E-state index >= 15 is 0 Å². The highest BCUT2D eigenvalue weighted by Gasteiger charge is 2.12. The minimum Gasteiger partial charge on any atom is -0.482 e. The fourth-order valence-corrected chi connectivity index (χ4v) is 2.84. The Morgan fingerprint density at radius 2 is 1.89 bits per heavy atom. The standard InChI is InChI=1S/C12H10BrF2NOS/c13-11-2-1-8(18-11)6-17-12-9(14)3-7(5-16)4-10(12)15/h1-4H,5-6,16H2. The van der Waals surface area contributed by atoms with Crippen LogP contribution >= 0.6 is 27.3 Å². The third-order valence-corrected chi connectivity index (χ3v) is 3.88. The predicted molar refractivity (Wildman–Crippen MR) is 70.6 cm³/mol. The molecule has 0 spiro atoms. The SMILES string of the molecule is NCc1cc(F)c(OCc2ccc(Br)s2)c(F)c1. The second-order valence-electron chi connectivity index (χ2n) is 3.59. The summed E-state index contributed by atoms with van der Waals surface area (Å²) in [4.78, 5) is 0.878. The van der Waals surface area contributed by atoms with Crippen molar-refractivity contribution < 1.29 is 13.5 Å². The van der Waals surface area contributed by atoms with Crippen molar-refractivity contribution in [1.29, 1.82) is 0 Å². The third kappa shape index (κ3) is 3.07. The van der Waals surface area contributed by atoms with Crippen LogP contribution < -0.4 is 10.5 Å². The van der Waals surface area contributed by atoms with Crippen molar-refractivity contribution in [3.63, 3.8) is 0 Å². The summed E-state index contributed by atoms with van der Waals surface area (Å²) in [6.45, 7) is 0.220. The molecule has 0 aliphatic heterocycles. The van der Waals surface area contributed by atoms with Gasteiger partial charge in [0.25, 0.3) is 0 Å². The molecule has 0 radical (unpaired) electrons. The topological polar surface area (TPSA) is 35.2 Å². The van der Waals surface area contributed by atoms with E-state index in [1.165, 1.54) is 23.5 Å². The highest BCUT2D eigenvalue weighted by Crippen LogP contribution is 2.27. The van der Waals surface area contributed by atoms with E-state index in [0.717, 1.165) is 8.66 Å². The van der Waals surface area contributed by atoms with Crippen LogP contribution in [-0.4, -0.2) is 0 Å². The summed E-state index contributed by atoms with van der Waals surface area (Å²) in [6.07, 6.45) is 0. The minimum absolute atomic E-state index is 0.0893. The quantitative estimate of drug-likeness (QED) is 0.922. The molecule has 1 heterocycles. The van der Waals surface area contributed by atoms with Crippen LogP contribution in [0, 0.1) is 11.6 Å². The lowest BCUT2D eigenvalue weighted by molar-refractivity contribution is 0.276. The van der Waals surface area contributed by atoms with Crippen LogP contribution in [0.25, 0.3) is 0 Å². The van der Waals surface area contributed by atoms with Gasteiger partial charge in [-0.2, -0.15) is 0 Å². The number of thiophene rings is 1. The number of benzene rings is 1. The van der Waals surface area contributed by atoms with Crippen LogP contribution in [0.1, 0.15) is 10.4 Å². The summed E-state index contributed by atoms with van der Waals surface area (Å²) in [6, 6.07) is 6.05. The number of nitrogens with two attached hydrogens (primary N) is 1. The van der Waals surface area contributed by atoms with Gasteiger partial charge in [-0.05, 0) is 45.8 Å². The number of hydrogen-bond acceptors (Lipinski definition) is 3. The van der Waals surface area contributed by atoms with Crippen molar-refractivity contribution in [2.24, 2.45) is 5.73 Å². The molecule has 0 saturated heterocycles. The lowest BCUT2D eigenvalue weighted by atomic mass is 10.2. The van der Waals surface area contributed by atoms with Gasteiger partial charge in [0, 0.05) is 11.4 Å². The van der Waals surface area contributed by atoms with Crippen LogP contribution in [0.3, 0.4) is 0 Å². The zero-order chi connectivity index (χ0) is 13.1. The second kappa shape index (κ2) is 5.77. The van der Waals surface area contributed by atoms with E-state index in [1.807, 2.05) is 12.1 Å². The normalized spacial score (nSPS) is 10.7. The molecule has 0 bridgehead atoms. The molecule has 2 N–H and O–H groups in total. The van der Waals surface area contributed by atoms with E-state index in [0.29, 0.717) is 5.56 Å². The number of rotatable bonds is 4. The highest BCUT2D eigenvalue weighted by molar-refractivity contribution is 9.11. The molecular weight excluding hydrogens is 324 g/mol. The Morgan fingerprint density at radius 3 is 2.39 bits per heavy atom. The van der Waals surface area contributed by atoms with Gasteiger partial charge in [0.05, 0.1) is 3.79 Å². The van der Waals surface area contributed by atoms with Gasteiger partial charge < -0.3 is 10.5 Å². The monoisotopic (exact) mass is 333 g/mol. The van der Waals surface area contributed by atoms with E-state index in [9.17, 15) is 8.78 Å². The zero-order valence-corrected chi connectivity index (χ0v) is 11.7. The molecule has 18 heavy (non-hydrogen) atoms. The molecule has 2 rings (SSSR count). The Morgan fingerprint density at radius 1 is 1.22 bits per heavy atom. The third-order valence-electron chi connectivity index (χ3n) is 2.28. The Bertz CT molecular complexity index is 536. The van der Waals surface area contributed by atoms with Crippen molar-refractivity contribution in [3.05, 3.63) is 50.1 Å². The Balaban J connectivity index is 2.14. The summed E-state index contributed by atoms with van der Waals surface area (Å²) < 4.78 is 33.3. The summed E-state index contributed by atoms with van der Waals surface area (Å²) in [5, 5.41) is 0. The Kier molecular flexibility index (Phi) is 4.31. The van der Waals surface area contributed by atoms with Gasteiger partial charge in [0.2, 0.25) is 0 Å². The molecule has 0 amide bonds.